The van der Waals surface area contributed by atoms with Crippen molar-refractivity contribution >= 4 is 28.8 Å². The highest BCUT2D eigenvalue weighted by Crippen LogP contribution is 2.41. The van der Waals surface area contributed by atoms with Crippen molar-refractivity contribution in [2.24, 2.45) is 5.73 Å². The molecule has 1 aliphatic rings. The van der Waals surface area contributed by atoms with Crippen LogP contribution in [0.5, 0.6) is 0 Å². The van der Waals surface area contributed by atoms with Crippen molar-refractivity contribution in [3.63, 3.8) is 0 Å². The van der Waals surface area contributed by atoms with Gasteiger partial charge in [0, 0.05) is 9.77 Å². The molecule has 82 valence electrons. The van der Waals surface area contributed by atoms with E-state index in [4.69, 9.17) is 5.73 Å². The second kappa shape index (κ2) is 4.13. The quantitative estimate of drug-likeness (QED) is 0.885. The number of anilines is 1. The molecule has 0 amide bonds. The lowest BCUT2D eigenvalue weighted by molar-refractivity contribution is 0.787. The van der Waals surface area contributed by atoms with Gasteiger partial charge in [0.1, 0.15) is 5.50 Å². The Morgan fingerprint density at radius 2 is 2.06 bits per heavy atom. The van der Waals surface area contributed by atoms with Crippen molar-refractivity contribution in [3.8, 4) is 0 Å². The van der Waals surface area contributed by atoms with E-state index in [-0.39, 0.29) is 5.50 Å². The highest BCUT2D eigenvalue weighted by atomic mass is 32.2. The molecule has 16 heavy (non-hydrogen) atoms. The summed E-state index contributed by atoms with van der Waals surface area (Å²) in [6.45, 7) is 0.906. The lowest BCUT2D eigenvalue weighted by Gasteiger charge is -2.22. The van der Waals surface area contributed by atoms with E-state index in [1.165, 1.54) is 15.5 Å². The number of thioether (sulfide) groups is 1. The third-order valence-electron chi connectivity index (χ3n) is 2.64. The molecule has 2 aromatic rings. The standard InChI is InChI=1S/C12H12N2S2/c13-12-14(8-9-4-3-7-15-9)10-5-1-2-6-11(10)16-12/h1-7,12H,8,13H2. The Morgan fingerprint density at radius 3 is 2.88 bits per heavy atom. The minimum absolute atomic E-state index is 0.0412. The van der Waals surface area contributed by atoms with Crippen LogP contribution in [0.1, 0.15) is 4.88 Å². The zero-order valence-electron chi connectivity index (χ0n) is 8.67. The predicted octanol–water partition coefficient (Wildman–Crippen LogP) is 3.10. The molecule has 1 aromatic carbocycles. The predicted molar refractivity (Wildman–Crippen MR) is 70.8 cm³/mol. The molecule has 2 nitrogen and oxygen atoms in total. The summed E-state index contributed by atoms with van der Waals surface area (Å²) in [5.74, 6) is 0. The van der Waals surface area contributed by atoms with Crippen LogP contribution in [-0.4, -0.2) is 5.50 Å². The molecule has 3 rings (SSSR count). The topological polar surface area (TPSA) is 29.3 Å². The van der Waals surface area contributed by atoms with Gasteiger partial charge in [-0.25, -0.2) is 0 Å². The third-order valence-corrected chi connectivity index (χ3v) is 4.59. The van der Waals surface area contributed by atoms with Crippen LogP contribution >= 0.6 is 23.1 Å². The molecule has 0 spiro atoms. The van der Waals surface area contributed by atoms with E-state index < -0.39 is 0 Å². The van der Waals surface area contributed by atoms with E-state index in [1.54, 1.807) is 23.1 Å². The summed E-state index contributed by atoms with van der Waals surface area (Å²) in [5, 5.41) is 2.11. The molecule has 0 saturated heterocycles. The lowest BCUT2D eigenvalue weighted by atomic mass is 10.3. The van der Waals surface area contributed by atoms with Crippen molar-refractivity contribution in [3.05, 3.63) is 46.7 Å². The number of nitrogens with zero attached hydrogens (tertiary/aromatic N) is 1. The Balaban J connectivity index is 1.90. The Hall–Kier alpha value is -0.970. The van der Waals surface area contributed by atoms with E-state index in [2.05, 4.69) is 46.7 Å². The van der Waals surface area contributed by atoms with E-state index >= 15 is 0 Å². The summed E-state index contributed by atoms with van der Waals surface area (Å²) in [6, 6.07) is 12.6. The van der Waals surface area contributed by atoms with Crippen LogP contribution in [0.3, 0.4) is 0 Å². The fourth-order valence-corrected chi connectivity index (χ4v) is 3.61. The van der Waals surface area contributed by atoms with Crippen molar-refractivity contribution in [1.82, 2.24) is 0 Å². The maximum atomic E-state index is 6.14. The van der Waals surface area contributed by atoms with Crippen molar-refractivity contribution < 1.29 is 0 Å². The number of para-hydroxylation sites is 1. The van der Waals surface area contributed by atoms with Gasteiger partial charge in [0.15, 0.2) is 0 Å². The summed E-state index contributed by atoms with van der Waals surface area (Å²) in [7, 11) is 0. The van der Waals surface area contributed by atoms with Gasteiger partial charge < -0.3 is 10.6 Å². The van der Waals surface area contributed by atoms with Gasteiger partial charge in [-0.2, -0.15) is 0 Å². The van der Waals surface area contributed by atoms with Gasteiger partial charge in [0.2, 0.25) is 0 Å². The number of hydrogen-bond donors (Lipinski definition) is 1. The Kier molecular flexibility index (Phi) is 2.63. The fraction of sp³-hybridized carbons (Fsp3) is 0.167. The second-order valence-electron chi connectivity index (χ2n) is 3.68. The number of benzene rings is 1. The van der Waals surface area contributed by atoms with Crippen LogP contribution < -0.4 is 10.6 Å². The molecule has 0 aliphatic carbocycles. The van der Waals surface area contributed by atoms with Gasteiger partial charge >= 0.3 is 0 Å². The average molecular weight is 248 g/mol. The first-order valence-corrected chi connectivity index (χ1v) is 6.91. The van der Waals surface area contributed by atoms with Crippen LogP contribution in [0, 0.1) is 0 Å². The molecule has 2 N–H and O–H groups in total. The maximum Gasteiger partial charge on any atom is 0.130 e. The Bertz CT molecular complexity index is 482. The molecule has 1 aliphatic heterocycles. The smallest absolute Gasteiger partial charge is 0.130 e. The number of nitrogens with two attached hydrogens (primary N) is 1. The van der Waals surface area contributed by atoms with E-state index in [0.717, 1.165) is 6.54 Å². The first-order valence-electron chi connectivity index (χ1n) is 5.15. The average Bonchev–Trinajstić information content (AvgIpc) is 2.89. The Labute approximate surface area is 103 Å². The molecule has 0 radical (unpaired) electrons. The molecular formula is C12H12N2S2. The van der Waals surface area contributed by atoms with Crippen molar-refractivity contribution in [2.75, 3.05) is 4.90 Å². The summed E-state index contributed by atoms with van der Waals surface area (Å²) in [5.41, 5.74) is 7.44. The first kappa shape index (κ1) is 10.2. The van der Waals surface area contributed by atoms with Crippen molar-refractivity contribution in [2.45, 2.75) is 16.9 Å². The van der Waals surface area contributed by atoms with E-state index in [9.17, 15) is 0 Å². The lowest BCUT2D eigenvalue weighted by Crippen LogP contribution is -2.35. The van der Waals surface area contributed by atoms with Crippen LogP contribution in [0.15, 0.2) is 46.7 Å². The molecule has 1 unspecified atom stereocenters. The van der Waals surface area contributed by atoms with Gasteiger partial charge in [0.05, 0.1) is 12.2 Å². The number of rotatable bonds is 2. The summed E-state index contributed by atoms with van der Waals surface area (Å²) < 4.78 is 0. The minimum atomic E-state index is 0.0412. The largest absolute Gasteiger partial charge is 0.341 e. The normalized spacial score (nSPS) is 18.8. The summed E-state index contributed by atoms with van der Waals surface area (Å²) in [6.07, 6.45) is 0. The molecule has 0 bridgehead atoms. The zero-order valence-corrected chi connectivity index (χ0v) is 10.3. The summed E-state index contributed by atoms with van der Waals surface area (Å²) >= 11 is 3.51. The highest BCUT2D eigenvalue weighted by molar-refractivity contribution is 8.00. The molecule has 0 fully saturated rings. The van der Waals surface area contributed by atoms with E-state index in [1.807, 2.05) is 0 Å². The fourth-order valence-electron chi connectivity index (χ4n) is 1.87. The van der Waals surface area contributed by atoms with Crippen molar-refractivity contribution in [1.29, 1.82) is 0 Å². The van der Waals surface area contributed by atoms with Crippen LogP contribution in [0.4, 0.5) is 5.69 Å². The highest BCUT2D eigenvalue weighted by Gasteiger charge is 2.26. The zero-order chi connectivity index (χ0) is 11.0. The van der Waals surface area contributed by atoms with Gasteiger partial charge in [-0.3, -0.25) is 0 Å². The number of thiophene rings is 1. The minimum Gasteiger partial charge on any atom is -0.341 e. The summed E-state index contributed by atoms with van der Waals surface area (Å²) in [4.78, 5) is 4.89. The Morgan fingerprint density at radius 1 is 1.19 bits per heavy atom. The SMILES string of the molecule is NC1Sc2ccccc2N1Cc1cccs1. The van der Waals surface area contributed by atoms with Gasteiger partial charge in [-0.1, -0.05) is 30.0 Å². The monoisotopic (exact) mass is 248 g/mol. The first-order chi connectivity index (χ1) is 7.84. The number of fused-ring (bicyclic) bond motifs is 1. The molecule has 2 heterocycles. The van der Waals surface area contributed by atoms with Crippen LogP contribution in [0.2, 0.25) is 0 Å². The molecular weight excluding hydrogens is 236 g/mol. The molecule has 1 aromatic heterocycles. The second-order valence-corrected chi connectivity index (χ2v) is 5.87. The van der Waals surface area contributed by atoms with Gasteiger partial charge in [-0.15, -0.1) is 11.3 Å². The molecule has 0 saturated carbocycles. The number of hydrogen-bond acceptors (Lipinski definition) is 4. The van der Waals surface area contributed by atoms with Gasteiger partial charge in [-0.05, 0) is 23.6 Å². The third kappa shape index (κ3) is 1.73. The maximum absolute atomic E-state index is 6.14. The van der Waals surface area contributed by atoms with E-state index in [0.29, 0.717) is 0 Å². The van der Waals surface area contributed by atoms with Gasteiger partial charge in [0.25, 0.3) is 0 Å². The van der Waals surface area contributed by atoms with Crippen LogP contribution in [0.25, 0.3) is 0 Å². The van der Waals surface area contributed by atoms with Crippen LogP contribution in [-0.2, 0) is 6.54 Å². The molecule has 1 atom stereocenters. The molecule has 4 heteroatoms.